The van der Waals surface area contributed by atoms with E-state index in [0.717, 1.165) is 0 Å². The quantitative estimate of drug-likeness (QED) is 0.789. The lowest BCUT2D eigenvalue weighted by Crippen LogP contribution is -2.42. The maximum Gasteiger partial charge on any atom is 0.413 e. The first-order valence-electron chi connectivity index (χ1n) is 6.18. The SMILES string of the molecule is CC(=O)CCC1(C(F)(F)F)CC(C#N)C(C(C)C)=N1. The molecule has 0 fully saturated rings. The summed E-state index contributed by atoms with van der Waals surface area (Å²) in [6.07, 6.45) is -5.45. The molecule has 0 radical (unpaired) electrons. The molecule has 1 aliphatic heterocycles. The van der Waals surface area contributed by atoms with Crippen LogP contribution in [-0.2, 0) is 4.79 Å². The van der Waals surface area contributed by atoms with Gasteiger partial charge in [0.1, 0.15) is 5.78 Å². The lowest BCUT2D eigenvalue weighted by Gasteiger charge is -2.28. The summed E-state index contributed by atoms with van der Waals surface area (Å²) in [7, 11) is 0. The van der Waals surface area contributed by atoms with Gasteiger partial charge in [0.2, 0.25) is 0 Å². The van der Waals surface area contributed by atoms with Crippen molar-refractivity contribution < 1.29 is 18.0 Å². The number of nitrogens with zero attached hydrogens (tertiary/aromatic N) is 2. The van der Waals surface area contributed by atoms with E-state index in [1.165, 1.54) is 6.92 Å². The van der Waals surface area contributed by atoms with Gasteiger partial charge >= 0.3 is 6.18 Å². The minimum absolute atomic E-state index is 0.174. The van der Waals surface area contributed by atoms with Crippen molar-refractivity contribution >= 4 is 11.5 Å². The number of aliphatic imine (C=N–C) groups is 1. The molecule has 1 aliphatic rings. The van der Waals surface area contributed by atoms with Crippen LogP contribution in [0.2, 0.25) is 0 Å². The number of carbonyl (C=O) groups excluding carboxylic acids is 1. The fourth-order valence-corrected chi connectivity index (χ4v) is 2.32. The molecule has 3 nitrogen and oxygen atoms in total. The summed E-state index contributed by atoms with van der Waals surface area (Å²) < 4.78 is 39.9. The fourth-order valence-electron chi connectivity index (χ4n) is 2.32. The molecule has 19 heavy (non-hydrogen) atoms. The number of Topliss-reactive ketones (excluding diaryl/α,β-unsaturated/α-hetero) is 1. The van der Waals surface area contributed by atoms with E-state index < -0.39 is 17.6 Å². The van der Waals surface area contributed by atoms with Crippen LogP contribution in [0, 0.1) is 23.2 Å². The van der Waals surface area contributed by atoms with Crippen molar-refractivity contribution in [1.82, 2.24) is 0 Å². The third-order valence-corrected chi connectivity index (χ3v) is 3.41. The van der Waals surface area contributed by atoms with Gasteiger partial charge in [0.25, 0.3) is 0 Å². The number of hydrogen-bond acceptors (Lipinski definition) is 3. The molecule has 0 bridgehead atoms. The van der Waals surface area contributed by atoms with E-state index in [2.05, 4.69) is 4.99 Å². The Hall–Kier alpha value is -1.38. The molecule has 2 unspecified atom stereocenters. The summed E-state index contributed by atoms with van der Waals surface area (Å²) >= 11 is 0. The Bertz CT molecular complexity index is 434. The Kier molecular flexibility index (Phi) is 4.39. The molecule has 0 aromatic carbocycles. The standard InChI is InChI=1S/C13H17F3N2O/c1-8(2)11-10(7-17)6-12(18-11,13(14,15)16)5-4-9(3)19/h8,10H,4-6H2,1-3H3. The normalized spacial score (nSPS) is 27.3. The van der Waals surface area contributed by atoms with Crippen molar-refractivity contribution in [2.24, 2.45) is 16.8 Å². The van der Waals surface area contributed by atoms with Crippen LogP contribution >= 0.6 is 0 Å². The van der Waals surface area contributed by atoms with Crippen molar-refractivity contribution in [1.29, 1.82) is 5.26 Å². The lowest BCUT2D eigenvalue weighted by molar-refractivity contribution is -0.187. The number of nitriles is 1. The van der Waals surface area contributed by atoms with Gasteiger partial charge in [0.15, 0.2) is 5.54 Å². The molecular weight excluding hydrogens is 257 g/mol. The Morgan fingerprint density at radius 2 is 2.16 bits per heavy atom. The van der Waals surface area contributed by atoms with Gasteiger partial charge in [0, 0.05) is 18.6 Å². The predicted molar refractivity (Wildman–Crippen MR) is 64.7 cm³/mol. The topological polar surface area (TPSA) is 53.2 Å². The number of hydrogen-bond donors (Lipinski definition) is 0. The molecule has 0 aromatic rings. The van der Waals surface area contributed by atoms with Gasteiger partial charge in [-0.2, -0.15) is 18.4 Å². The number of rotatable bonds is 4. The third-order valence-electron chi connectivity index (χ3n) is 3.41. The lowest BCUT2D eigenvalue weighted by atomic mass is 9.84. The molecule has 0 spiro atoms. The van der Waals surface area contributed by atoms with E-state index in [1.807, 2.05) is 6.07 Å². The van der Waals surface area contributed by atoms with Crippen molar-refractivity contribution in [2.45, 2.75) is 51.7 Å². The smallest absolute Gasteiger partial charge is 0.300 e. The summed E-state index contributed by atoms with van der Waals surface area (Å²) in [6.45, 7) is 4.70. The summed E-state index contributed by atoms with van der Waals surface area (Å²) in [4.78, 5) is 14.8. The van der Waals surface area contributed by atoms with E-state index in [-0.39, 0.29) is 31.0 Å². The van der Waals surface area contributed by atoms with Crippen LogP contribution < -0.4 is 0 Å². The summed E-state index contributed by atoms with van der Waals surface area (Å²) in [5.74, 6) is -1.31. The average Bonchev–Trinajstić information content (AvgIpc) is 2.66. The zero-order valence-corrected chi connectivity index (χ0v) is 11.2. The first-order chi connectivity index (χ1) is 8.63. The molecule has 6 heteroatoms. The van der Waals surface area contributed by atoms with Gasteiger partial charge in [-0.1, -0.05) is 13.8 Å². The molecule has 0 aromatic heterocycles. The fraction of sp³-hybridized carbons (Fsp3) is 0.769. The molecule has 1 rings (SSSR count). The Morgan fingerprint density at radius 3 is 2.47 bits per heavy atom. The van der Waals surface area contributed by atoms with Gasteiger partial charge in [-0.3, -0.25) is 4.99 Å². The molecular formula is C13H17F3N2O. The minimum Gasteiger partial charge on any atom is -0.300 e. The van der Waals surface area contributed by atoms with Crippen LogP contribution in [0.15, 0.2) is 4.99 Å². The molecule has 0 saturated heterocycles. The first kappa shape index (κ1) is 15.7. The van der Waals surface area contributed by atoms with E-state index in [4.69, 9.17) is 5.26 Å². The highest BCUT2D eigenvalue weighted by molar-refractivity contribution is 5.92. The number of carbonyl (C=O) groups is 1. The van der Waals surface area contributed by atoms with Gasteiger partial charge in [0.05, 0.1) is 12.0 Å². The summed E-state index contributed by atoms with van der Waals surface area (Å²) in [6, 6.07) is 1.89. The molecule has 0 saturated carbocycles. The zero-order valence-electron chi connectivity index (χ0n) is 11.2. The van der Waals surface area contributed by atoms with Crippen molar-refractivity contribution in [3.05, 3.63) is 0 Å². The zero-order chi connectivity index (χ0) is 14.8. The maximum absolute atomic E-state index is 13.3. The van der Waals surface area contributed by atoms with Crippen LogP contribution in [0.5, 0.6) is 0 Å². The first-order valence-corrected chi connectivity index (χ1v) is 6.18. The monoisotopic (exact) mass is 274 g/mol. The Morgan fingerprint density at radius 1 is 1.58 bits per heavy atom. The predicted octanol–water partition coefficient (Wildman–Crippen LogP) is 3.30. The third kappa shape index (κ3) is 3.14. The minimum atomic E-state index is -4.53. The second-order valence-corrected chi connectivity index (χ2v) is 5.31. The van der Waals surface area contributed by atoms with Gasteiger partial charge < -0.3 is 4.79 Å². The van der Waals surface area contributed by atoms with E-state index in [0.29, 0.717) is 5.71 Å². The molecule has 0 amide bonds. The van der Waals surface area contributed by atoms with Crippen LogP contribution in [0.4, 0.5) is 13.2 Å². The van der Waals surface area contributed by atoms with Crippen LogP contribution in [-0.4, -0.2) is 23.2 Å². The van der Waals surface area contributed by atoms with Crippen LogP contribution in [0.1, 0.15) is 40.0 Å². The van der Waals surface area contributed by atoms with E-state index in [9.17, 15) is 18.0 Å². The number of halogens is 3. The van der Waals surface area contributed by atoms with Gasteiger partial charge in [-0.25, -0.2) is 0 Å². The Balaban J connectivity index is 3.15. The Labute approximate surface area is 110 Å². The van der Waals surface area contributed by atoms with Gasteiger partial charge in [-0.15, -0.1) is 0 Å². The summed E-state index contributed by atoms with van der Waals surface area (Å²) in [5.41, 5.74) is -1.97. The second kappa shape index (κ2) is 5.32. The van der Waals surface area contributed by atoms with E-state index in [1.54, 1.807) is 13.8 Å². The second-order valence-electron chi connectivity index (χ2n) is 5.31. The average molecular weight is 274 g/mol. The highest BCUT2D eigenvalue weighted by Crippen LogP contribution is 2.47. The number of ketones is 1. The van der Waals surface area contributed by atoms with E-state index >= 15 is 0 Å². The molecule has 0 aliphatic carbocycles. The highest BCUT2D eigenvalue weighted by atomic mass is 19.4. The van der Waals surface area contributed by atoms with Crippen molar-refractivity contribution in [3.8, 4) is 6.07 Å². The van der Waals surface area contributed by atoms with Gasteiger partial charge in [-0.05, 0) is 19.3 Å². The highest BCUT2D eigenvalue weighted by Gasteiger charge is 2.59. The maximum atomic E-state index is 13.3. The van der Waals surface area contributed by atoms with Crippen molar-refractivity contribution in [2.75, 3.05) is 0 Å². The number of alkyl halides is 3. The molecule has 0 N–H and O–H groups in total. The van der Waals surface area contributed by atoms with Crippen molar-refractivity contribution in [3.63, 3.8) is 0 Å². The largest absolute Gasteiger partial charge is 0.413 e. The molecule has 2 atom stereocenters. The van der Waals surface area contributed by atoms with Crippen LogP contribution in [0.25, 0.3) is 0 Å². The molecule has 1 heterocycles. The molecule has 106 valence electrons. The summed E-state index contributed by atoms with van der Waals surface area (Å²) in [5, 5.41) is 9.00. The van der Waals surface area contributed by atoms with Crippen LogP contribution in [0.3, 0.4) is 0 Å².